The molecule has 1 saturated carbocycles. The molecule has 17 heavy (non-hydrogen) atoms. The van der Waals surface area contributed by atoms with Gasteiger partial charge >= 0.3 is 0 Å². The van der Waals surface area contributed by atoms with Gasteiger partial charge in [-0.25, -0.2) is 0 Å². The zero-order chi connectivity index (χ0) is 11.8. The first-order valence-corrected chi connectivity index (χ1v) is 6.91. The van der Waals surface area contributed by atoms with Crippen LogP contribution in [0.3, 0.4) is 0 Å². The molecule has 1 heterocycles. The number of hydrogen-bond donors (Lipinski definition) is 1. The maximum Gasteiger partial charge on any atom is 0.0473 e. The quantitative estimate of drug-likeness (QED) is 0.715. The first-order chi connectivity index (χ1) is 8.25. The van der Waals surface area contributed by atoms with Gasteiger partial charge in [-0.3, -0.25) is 0 Å². The van der Waals surface area contributed by atoms with Gasteiger partial charge in [0.1, 0.15) is 0 Å². The standard InChI is InChI=1S/C15H18ClN/c1-10-13-8-7-12(16)9-14(13)17-15(10)11-5-3-2-4-6-11/h7-9,11,17H,2-6H2,1H3. The molecule has 1 nitrogen and oxygen atoms in total. The van der Waals surface area contributed by atoms with E-state index in [1.54, 1.807) is 0 Å². The fourth-order valence-corrected chi connectivity index (χ4v) is 3.30. The lowest BCUT2D eigenvalue weighted by molar-refractivity contribution is 0.437. The molecule has 0 atom stereocenters. The Labute approximate surface area is 107 Å². The number of H-pyrrole nitrogens is 1. The molecule has 0 spiro atoms. The lowest BCUT2D eigenvalue weighted by atomic mass is 9.85. The maximum atomic E-state index is 6.05. The average Bonchev–Trinajstić information content (AvgIpc) is 2.67. The normalized spacial score (nSPS) is 17.8. The molecule has 2 aromatic rings. The second-order valence-corrected chi connectivity index (χ2v) is 5.62. The summed E-state index contributed by atoms with van der Waals surface area (Å²) in [4.78, 5) is 3.59. The molecule has 1 N–H and O–H groups in total. The van der Waals surface area contributed by atoms with Crippen molar-refractivity contribution in [3.63, 3.8) is 0 Å². The monoisotopic (exact) mass is 247 g/mol. The molecular weight excluding hydrogens is 230 g/mol. The third kappa shape index (κ3) is 1.97. The highest BCUT2D eigenvalue weighted by Crippen LogP contribution is 2.36. The number of rotatable bonds is 1. The summed E-state index contributed by atoms with van der Waals surface area (Å²) in [5.41, 5.74) is 4.06. The van der Waals surface area contributed by atoms with Gasteiger partial charge < -0.3 is 4.98 Å². The average molecular weight is 248 g/mol. The summed E-state index contributed by atoms with van der Waals surface area (Å²) in [6.07, 6.45) is 6.82. The van der Waals surface area contributed by atoms with Crippen molar-refractivity contribution >= 4 is 22.5 Å². The number of hydrogen-bond acceptors (Lipinski definition) is 0. The predicted molar refractivity (Wildman–Crippen MR) is 73.9 cm³/mol. The number of fused-ring (bicyclic) bond motifs is 1. The van der Waals surface area contributed by atoms with E-state index in [9.17, 15) is 0 Å². The van der Waals surface area contributed by atoms with Crippen LogP contribution in [0.4, 0.5) is 0 Å². The Hall–Kier alpha value is -0.950. The molecule has 1 aromatic carbocycles. The Morgan fingerprint density at radius 2 is 1.94 bits per heavy atom. The lowest BCUT2D eigenvalue weighted by Crippen LogP contribution is -2.05. The zero-order valence-corrected chi connectivity index (χ0v) is 11.0. The molecule has 3 rings (SSSR count). The summed E-state index contributed by atoms with van der Waals surface area (Å²) in [6.45, 7) is 2.23. The van der Waals surface area contributed by atoms with Crippen LogP contribution < -0.4 is 0 Å². The fourth-order valence-electron chi connectivity index (χ4n) is 3.13. The molecule has 0 bridgehead atoms. The van der Waals surface area contributed by atoms with E-state index in [-0.39, 0.29) is 0 Å². The lowest BCUT2D eigenvalue weighted by Gasteiger charge is -2.21. The molecule has 90 valence electrons. The van der Waals surface area contributed by atoms with Crippen molar-refractivity contribution in [1.82, 2.24) is 4.98 Å². The predicted octanol–water partition coefficient (Wildman–Crippen LogP) is 5.18. The highest BCUT2D eigenvalue weighted by atomic mass is 35.5. The van der Waals surface area contributed by atoms with Crippen LogP contribution in [0.15, 0.2) is 18.2 Å². The molecular formula is C15H18ClN. The second-order valence-electron chi connectivity index (χ2n) is 5.19. The summed E-state index contributed by atoms with van der Waals surface area (Å²) in [6, 6.07) is 6.15. The molecule has 1 aliphatic carbocycles. The van der Waals surface area contributed by atoms with Crippen LogP contribution in [-0.2, 0) is 0 Å². The summed E-state index contributed by atoms with van der Waals surface area (Å²) < 4.78 is 0. The van der Waals surface area contributed by atoms with E-state index < -0.39 is 0 Å². The Bertz CT molecular complexity index is 535. The smallest absolute Gasteiger partial charge is 0.0473 e. The van der Waals surface area contributed by atoms with Crippen LogP contribution in [-0.4, -0.2) is 4.98 Å². The van der Waals surface area contributed by atoms with Gasteiger partial charge in [0.15, 0.2) is 0 Å². The SMILES string of the molecule is Cc1c(C2CCCCC2)[nH]c2cc(Cl)ccc12. The third-order valence-electron chi connectivity index (χ3n) is 4.07. The first kappa shape index (κ1) is 11.2. The number of halogens is 1. The first-order valence-electron chi connectivity index (χ1n) is 6.53. The molecule has 1 aliphatic rings. The summed E-state index contributed by atoms with van der Waals surface area (Å²) >= 11 is 6.05. The van der Waals surface area contributed by atoms with E-state index in [1.165, 1.54) is 54.3 Å². The van der Waals surface area contributed by atoms with E-state index in [1.807, 2.05) is 12.1 Å². The number of aromatic amines is 1. The van der Waals surface area contributed by atoms with Gasteiger partial charge in [-0.05, 0) is 43.4 Å². The summed E-state index contributed by atoms with van der Waals surface area (Å²) in [5.74, 6) is 0.731. The molecule has 0 unspecified atom stereocenters. The van der Waals surface area contributed by atoms with Crippen LogP contribution in [0.5, 0.6) is 0 Å². The van der Waals surface area contributed by atoms with Crippen molar-refractivity contribution in [2.45, 2.75) is 44.9 Å². The molecule has 1 fully saturated rings. The molecule has 0 amide bonds. The van der Waals surface area contributed by atoms with E-state index in [2.05, 4.69) is 18.0 Å². The van der Waals surface area contributed by atoms with Crippen molar-refractivity contribution in [3.05, 3.63) is 34.5 Å². The van der Waals surface area contributed by atoms with E-state index in [0.29, 0.717) is 0 Å². The Balaban J connectivity index is 2.07. The van der Waals surface area contributed by atoms with Crippen LogP contribution in [0.1, 0.15) is 49.3 Å². The van der Waals surface area contributed by atoms with Gasteiger partial charge in [-0.1, -0.05) is 36.9 Å². The highest BCUT2D eigenvalue weighted by Gasteiger charge is 2.20. The topological polar surface area (TPSA) is 15.8 Å². The number of aryl methyl sites for hydroxylation is 1. The van der Waals surface area contributed by atoms with Crippen molar-refractivity contribution in [2.75, 3.05) is 0 Å². The summed E-state index contributed by atoms with van der Waals surface area (Å²) in [5, 5.41) is 2.14. The van der Waals surface area contributed by atoms with Crippen molar-refractivity contribution in [2.24, 2.45) is 0 Å². The van der Waals surface area contributed by atoms with Crippen LogP contribution in [0, 0.1) is 6.92 Å². The van der Waals surface area contributed by atoms with E-state index in [0.717, 1.165) is 10.9 Å². The van der Waals surface area contributed by atoms with Gasteiger partial charge in [0, 0.05) is 21.6 Å². The fraction of sp³-hybridized carbons (Fsp3) is 0.467. The summed E-state index contributed by atoms with van der Waals surface area (Å²) in [7, 11) is 0. The Morgan fingerprint density at radius 3 is 2.71 bits per heavy atom. The molecule has 0 radical (unpaired) electrons. The largest absolute Gasteiger partial charge is 0.358 e. The number of aromatic nitrogens is 1. The van der Waals surface area contributed by atoms with Crippen LogP contribution >= 0.6 is 11.6 Å². The van der Waals surface area contributed by atoms with Crippen LogP contribution in [0.2, 0.25) is 5.02 Å². The minimum atomic E-state index is 0.731. The molecule has 1 aromatic heterocycles. The molecule has 0 saturated heterocycles. The van der Waals surface area contributed by atoms with E-state index >= 15 is 0 Å². The van der Waals surface area contributed by atoms with Crippen molar-refractivity contribution in [3.8, 4) is 0 Å². The minimum Gasteiger partial charge on any atom is -0.358 e. The number of benzene rings is 1. The highest BCUT2D eigenvalue weighted by molar-refractivity contribution is 6.31. The van der Waals surface area contributed by atoms with E-state index in [4.69, 9.17) is 11.6 Å². The molecule has 2 heteroatoms. The van der Waals surface area contributed by atoms with Gasteiger partial charge in [0.2, 0.25) is 0 Å². The minimum absolute atomic E-state index is 0.731. The van der Waals surface area contributed by atoms with Gasteiger partial charge in [-0.2, -0.15) is 0 Å². The second kappa shape index (κ2) is 4.38. The number of nitrogens with one attached hydrogen (secondary N) is 1. The Morgan fingerprint density at radius 1 is 1.18 bits per heavy atom. The third-order valence-corrected chi connectivity index (χ3v) is 4.31. The maximum absolute atomic E-state index is 6.05. The Kier molecular flexibility index (Phi) is 2.87. The van der Waals surface area contributed by atoms with Gasteiger partial charge in [-0.15, -0.1) is 0 Å². The van der Waals surface area contributed by atoms with Gasteiger partial charge in [0.05, 0.1) is 0 Å². The van der Waals surface area contributed by atoms with Crippen LogP contribution in [0.25, 0.3) is 10.9 Å². The molecule has 0 aliphatic heterocycles. The van der Waals surface area contributed by atoms with Crippen molar-refractivity contribution in [1.29, 1.82) is 0 Å². The zero-order valence-electron chi connectivity index (χ0n) is 10.2. The van der Waals surface area contributed by atoms with Gasteiger partial charge in [0.25, 0.3) is 0 Å². The van der Waals surface area contributed by atoms with Crippen molar-refractivity contribution < 1.29 is 0 Å².